The highest BCUT2D eigenvalue weighted by atomic mass is 32.2. The van der Waals surface area contributed by atoms with E-state index in [-0.39, 0.29) is 28.4 Å². The average Bonchev–Trinajstić information content (AvgIpc) is 2.60. The van der Waals surface area contributed by atoms with E-state index in [2.05, 4.69) is 17.4 Å². The molecule has 0 heterocycles. The van der Waals surface area contributed by atoms with Crippen LogP contribution in [0.1, 0.15) is 36.8 Å². The zero-order valence-electron chi connectivity index (χ0n) is 15.1. The number of nitrogens with one attached hydrogen (secondary N) is 1. The van der Waals surface area contributed by atoms with E-state index in [0.717, 1.165) is 24.8 Å². The van der Waals surface area contributed by atoms with Crippen molar-refractivity contribution in [1.82, 2.24) is 5.32 Å². The lowest BCUT2D eigenvalue weighted by molar-refractivity contribution is -0.121. The second-order valence-corrected chi connectivity index (χ2v) is 9.27. The molecule has 0 unspecified atom stereocenters. The van der Waals surface area contributed by atoms with Gasteiger partial charge in [-0.15, -0.1) is 0 Å². The second-order valence-electron chi connectivity index (χ2n) is 7.16. The minimum Gasteiger partial charge on any atom is -0.355 e. The Labute approximate surface area is 155 Å². The zero-order chi connectivity index (χ0) is 18.6. The lowest BCUT2D eigenvalue weighted by Crippen LogP contribution is -2.45. The van der Waals surface area contributed by atoms with E-state index in [1.54, 1.807) is 24.3 Å². The van der Waals surface area contributed by atoms with Crippen molar-refractivity contribution in [1.29, 1.82) is 0 Å². The number of sulfone groups is 1. The summed E-state index contributed by atoms with van der Waals surface area (Å²) in [5.74, 6) is -0.372. The molecule has 0 saturated heterocycles. The summed E-state index contributed by atoms with van der Waals surface area (Å²) in [6.45, 7) is 2.48. The van der Waals surface area contributed by atoms with Crippen LogP contribution < -0.4 is 5.32 Å². The minimum atomic E-state index is -3.43. The van der Waals surface area contributed by atoms with Gasteiger partial charge in [-0.2, -0.15) is 0 Å². The summed E-state index contributed by atoms with van der Waals surface area (Å²) in [5, 5.41) is 2.95. The van der Waals surface area contributed by atoms with Crippen LogP contribution in [0.4, 0.5) is 0 Å². The van der Waals surface area contributed by atoms with Gasteiger partial charge in [0.1, 0.15) is 0 Å². The quantitative estimate of drug-likeness (QED) is 0.811. The monoisotopic (exact) mass is 371 g/mol. The van der Waals surface area contributed by atoms with Gasteiger partial charge in [0.2, 0.25) is 5.91 Å². The van der Waals surface area contributed by atoms with Gasteiger partial charge in [0.05, 0.1) is 10.6 Å². The van der Waals surface area contributed by atoms with E-state index >= 15 is 0 Å². The van der Waals surface area contributed by atoms with E-state index in [0.29, 0.717) is 6.54 Å². The smallest absolute Gasteiger partial charge is 0.221 e. The highest BCUT2D eigenvalue weighted by molar-refractivity contribution is 7.91. The van der Waals surface area contributed by atoms with E-state index < -0.39 is 9.84 Å². The third kappa shape index (κ3) is 4.15. The number of carbonyl (C=O) groups excluding carboxylic acids is 1. The molecule has 5 heteroatoms. The normalized spacial score (nSPS) is 15.9. The third-order valence-electron chi connectivity index (χ3n) is 5.30. The summed E-state index contributed by atoms with van der Waals surface area (Å²) in [4.78, 5) is 12.5. The van der Waals surface area contributed by atoms with Crippen LogP contribution in [0.5, 0.6) is 0 Å². The van der Waals surface area contributed by atoms with Crippen molar-refractivity contribution < 1.29 is 13.2 Å². The summed E-state index contributed by atoms with van der Waals surface area (Å²) < 4.78 is 24.7. The van der Waals surface area contributed by atoms with Crippen LogP contribution in [-0.2, 0) is 20.0 Å². The van der Waals surface area contributed by atoms with Gasteiger partial charge in [0.15, 0.2) is 9.84 Å². The van der Waals surface area contributed by atoms with E-state index in [9.17, 15) is 13.2 Å². The van der Waals surface area contributed by atoms with E-state index in [4.69, 9.17) is 0 Å². The maximum atomic E-state index is 12.4. The molecule has 138 valence electrons. The van der Waals surface area contributed by atoms with Crippen molar-refractivity contribution in [3.05, 3.63) is 65.7 Å². The van der Waals surface area contributed by atoms with Crippen molar-refractivity contribution in [2.24, 2.45) is 0 Å². The fourth-order valence-electron chi connectivity index (χ4n) is 3.41. The van der Waals surface area contributed by atoms with Gasteiger partial charge in [-0.1, -0.05) is 54.4 Å². The second kappa shape index (κ2) is 7.62. The van der Waals surface area contributed by atoms with Crippen LogP contribution in [0, 0.1) is 6.92 Å². The highest BCUT2D eigenvalue weighted by Gasteiger charge is 2.38. The molecule has 1 fully saturated rings. The predicted octanol–water partition coefficient (Wildman–Crippen LogP) is 3.40. The van der Waals surface area contributed by atoms with Crippen LogP contribution in [-0.4, -0.2) is 26.6 Å². The lowest BCUT2D eigenvalue weighted by atomic mass is 9.64. The Bertz CT molecular complexity index is 854. The van der Waals surface area contributed by atoms with Gasteiger partial charge in [0.25, 0.3) is 0 Å². The SMILES string of the molecule is Cc1ccc(S(=O)(=O)CCC(=O)NCC2(c3ccccc3)CCC2)cc1. The third-order valence-corrected chi connectivity index (χ3v) is 7.03. The number of hydrogen-bond donors (Lipinski definition) is 1. The number of carbonyl (C=O) groups is 1. The molecule has 1 aliphatic carbocycles. The molecule has 2 aromatic carbocycles. The highest BCUT2D eigenvalue weighted by Crippen LogP contribution is 2.43. The Morgan fingerprint density at radius 2 is 1.69 bits per heavy atom. The van der Waals surface area contributed by atoms with Crippen molar-refractivity contribution in [3.63, 3.8) is 0 Å². The molecule has 0 aromatic heterocycles. The van der Waals surface area contributed by atoms with Gasteiger partial charge < -0.3 is 5.32 Å². The molecule has 1 N–H and O–H groups in total. The molecule has 1 saturated carbocycles. The topological polar surface area (TPSA) is 63.2 Å². The molecular weight excluding hydrogens is 346 g/mol. The Hall–Kier alpha value is -2.14. The number of rotatable bonds is 7. The molecule has 0 atom stereocenters. The summed E-state index contributed by atoms with van der Waals surface area (Å²) in [5.41, 5.74) is 2.26. The van der Waals surface area contributed by atoms with Crippen LogP contribution in [0.15, 0.2) is 59.5 Å². The number of benzene rings is 2. The average molecular weight is 372 g/mol. The fraction of sp³-hybridized carbons (Fsp3) is 0.381. The molecular formula is C21H25NO3S. The van der Waals surface area contributed by atoms with Crippen molar-refractivity contribution in [2.45, 2.75) is 42.9 Å². The first kappa shape index (κ1) is 18.6. The molecule has 2 aromatic rings. The maximum absolute atomic E-state index is 12.4. The summed E-state index contributed by atoms with van der Waals surface area (Å²) in [6, 6.07) is 17.0. The summed E-state index contributed by atoms with van der Waals surface area (Å²) in [6.07, 6.45) is 3.26. The first-order valence-corrected chi connectivity index (χ1v) is 10.7. The van der Waals surface area contributed by atoms with Gasteiger partial charge in [-0.3, -0.25) is 4.79 Å². The van der Waals surface area contributed by atoms with Crippen molar-refractivity contribution >= 4 is 15.7 Å². The Morgan fingerprint density at radius 3 is 2.27 bits per heavy atom. The lowest BCUT2D eigenvalue weighted by Gasteiger charge is -2.42. The molecule has 1 amide bonds. The first-order chi connectivity index (χ1) is 12.4. The molecule has 26 heavy (non-hydrogen) atoms. The van der Waals surface area contributed by atoms with Crippen molar-refractivity contribution in [3.8, 4) is 0 Å². The number of aryl methyl sites for hydroxylation is 1. The Kier molecular flexibility index (Phi) is 5.47. The van der Waals surface area contributed by atoms with Gasteiger partial charge in [0, 0.05) is 18.4 Å². The number of amides is 1. The van der Waals surface area contributed by atoms with Gasteiger partial charge >= 0.3 is 0 Å². The molecule has 0 aliphatic heterocycles. The predicted molar refractivity (Wildman–Crippen MR) is 103 cm³/mol. The summed E-state index contributed by atoms with van der Waals surface area (Å²) >= 11 is 0. The molecule has 0 bridgehead atoms. The summed E-state index contributed by atoms with van der Waals surface area (Å²) in [7, 11) is -3.43. The van der Waals surface area contributed by atoms with E-state index in [1.807, 2.05) is 25.1 Å². The van der Waals surface area contributed by atoms with Crippen LogP contribution in [0.3, 0.4) is 0 Å². The number of hydrogen-bond acceptors (Lipinski definition) is 3. The fourth-order valence-corrected chi connectivity index (χ4v) is 4.65. The van der Waals surface area contributed by atoms with Gasteiger partial charge in [-0.25, -0.2) is 8.42 Å². The zero-order valence-corrected chi connectivity index (χ0v) is 15.9. The molecule has 0 radical (unpaired) electrons. The molecule has 3 rings (SSSR count). The minimum absolute atomic E-state index is 0.00670. The van der Waals surface area contributed by atoms with Crippen LogP contribution in [0.2, 0.25) is 0 Å². The Morgan fingerprint density at radius 1 is 1.04 bits per heavy atom. The molecule has 4 nitrogen and oxygen atoms in total. The van der Waals surface area contributed by atoms with Crippen LogP contribution in [0.25, 0.3) is 0 Å². The Balaban J connectivity index is 1.55. The van der Waals surface area contributed by atoms with Gasteiger partial charge in [-0.05, 0) is 37.5 Å². The molecule has 0 spiro atoms. The standard InChI is InChI=1S/C21H25NO3S/c1-17-8-10-19(11-9-17)26(24,25)15-12-20(23)22-16-21(13-5-14-21)18-6-3-2-4-7-18/h2-4,6-11H,5,12-16H2,1H3,(H,22,23). The first-order valence-electron chi connectivity index (χ1n) is 9.03. The van der Waals surface area contributed by atoms with Crippen LogP contribution >= 0.6 is 0 Å². The molecule has 1 aliphatic rings. The largest absolute Gasteiger partial charge is 0.355 e. The maximum Gasteiger partial charge on any atom is 0.221 e. The van der Waals surface area contributed by atoms with Crippen molar-refractivity contribution in [2.75, 3.05) is 12.3 Å². The van der Waals surface area contributed by atoms with E-state index in [1.165, 1.54) is 5.56 Å².